The van der Waals surface area contributed by atoms with Gasteiger partial charge in [0, 0.05) is 23.4 Å². The first-order chi connectivity index (χ1) is 9.70. The molecule has 0 aliphatic carbocycles. The monoisotopic (exact) mass is 310 g/mol. The minimum absolute atomic E-state index is 0.312. The van der Waals surface area contributed by atoms with Crippen LogP contribution in [-0.2, 0) is 10.2 Å². The second-order valence-corrected chi connectivity index (χ2v) is 7.23. The first-order valence-corrected chi connectivity index (χ1v) is 8.24. The maximum atomic E-state index is 11.8. The van der Waals surface area contributed by atoms with Crippen molar-refractivity contribution in [1.29, 1.82) is 0 Å². The van der Waals surface area contributed by atoms with Crippen LogP contribution in [-0.4, -0.2) is 31.0 Å². The van der Waals surface area contributed by atoms with Crippen LogP contribution in [0, 0.1) is 0 Å². The van der Waals surface area contributed by atoms with E-state index in [9.17, 15) is 4.79 Å². The highest BCUT2D eigenvalue weighted by Crippen LogP contribution is 2.24. The summed E-state index contributed by atoms with van der Waals surface area (Å²) in [5.41, 5.74) is 6.23. The van der Waals surface area contributed by atoms with Crippen molar-refractivity contribution in [2.24, 2.45) is 5.73 Å². The number of carbonyl (C=O) groups is 1. The van der Waals surface area contributed by atoms with Crippen LogP contribution in [0.1, 0.15) is 33.3 Å². The second kappa shape index (κ2) is 7.18. The molecule has 1 rings (SSSR count). The van der Waals surface area contributed by atoms with Gasteiger partial charge < -0.3 is 15.8 Å². The van der Waals surface area contributed by atoms with E-state index >= 15 is 0 Å². The summed E-state index contributed by atoms with van der Waals surface area (Å²) in [5, 5.41) is 2.81. The molecule has 0 saturated carbocycles. The molecule has 0 aliphatic heterocycles. The number of benzene rings is 1. The second-order valence-electron chi connectivity index (χ2n) is 6.35. The van der Waals surface area contributed by atoms with Crippen LogP contribution in [0.3, 0.4) is 0 Å². The molecular formula is C16H26N2O2S. The van der Waals surface area contributed by atoms with Gasteiger partial charge in [0.05, 0.1) is 0 Å². The van der Waals surface area contributed by atoms with E-state index in [4.69, 9.17) is 10.5 Å². The SMILES string of the molecule is CSc1ccc(C(C)(CN)CNC(=O)OC(C)(C)C)cc1. The predicted octanol–water partition coefficient (Wildman–Crippen LogP) is 3.15. The molecule has 1 aromatic carbocycles. The van der Waals surface area contributed by atoms with Crippen LogP contribution < -0.4 is 11.1 Å². The number of amides is 1. The van der Waals surface area contributed by atoms with Crippen molar-refractivity contribution in [3.63, 3.8) is 0 Å². The molecule has 0 aromatic heterocycles. The zero-order valence-corrected chi connectivity index (χ0v) is 14.3. The zero-order valence-electron chi connectivity index (χ0n) is 13.5. The van der Waals surface area contributed by atoms with Gasteiger partial charge in [0.2, 0.25) is 0 Å². The molecule has 0 fully saturated rings. The molecule has 0 spiro atoms. The summed E-state index contributed by atoms with van der Waals surface area (Å²) in [6.07, 6.45) is 1.63. The minimum atomic E-state index is -0.497. The van der Waals surface area contributed by atoms with Crippen molar-refractivity contribution in [2.75, 3.05) is 19.3 Å². The third kappa shape index (κ3) is 5.59. The normalized spacial score (nSPS) is 14.4. The van der Waals surface area contributed by atoms with E-state index in [2.05, 4.69) is 29.6 Å². The predicted molar refractivity (Wildman–Crippen MR) is 88.9 cm³/mol. The number of hydrogen-bond acceptors (Lipinski definition) is 4. The number of nitrogens with one attached hydrogen (secondary N) is 1. The van der Waals surface area contributed by atoms with Crippen molar-refractivity contribution in [3.05, 3.63) is 29.8 Å². The smallest absolute Gasteiger partial charge is 0.407 e. The molecule has 3 N–H and O–H groups in total. The van der Waals surface area contributed by atoms with Crippen LogP contribution in [0.15, 0.2) is 29.2 Å². The van der Waals surface area contributed by atoms with Gasteiger partial charge in [0.15, 0.2) is 0 Å². The lowest BCUT2D eigenvalue weighted by atomic mass is 9.82. The molecule has 0 saturated heterocycles. The van der Waals surface area contributed by atoms with Gasteiger partial charge in [0.1, 0.15) is 5.60 Å². The van der Waals surface area contributed by atoms with Gasteiger partial charge in [-0.2, -0.15) is 0 Å². The molecule has 1 atom stereocenters. The quantitative estimate of drug-likeness (QED) is 0.820. The van der Waals surface area contributed by atoms with Crippen LogP contribution in [0.2, 0.25) is 0 Å². The first-order valence-electron chi connectivity index (χ1n) is 7.02. The number of carbonyl (C=O) groups excluding carboxylic acids is 1. The molecule has 4 nitrogen and oxygen atoms in total. The Kier molecular flexibility index (Phi) is 6.10. The van der Waals surface area contributed by atoms with E-state index < -0.39 is 11.7 Å². The molecule has 0 bridgehead atoms. The summed E-state index contributed by atoms with van der Waals surface area (Å²) in [7, 11) is 0. The van der Waals surface area contributed by atoms with Crippen molar-refractivity contribution >= 4 is 17.9 Å². The molecular weight excluding hydrogens is 284 g/mol. The average molecular weight is 310 g/mol. The van der Waals surface area contributed by atoms with Gasteiger partial charge in [-0.05, 0) is 44.7 Å². The Bertz CT molecular complexity index is 468. The van der Waals surface area contributed by atoms with Gasteiger partial charge in [-0.3, -0.25) is 0 Å². The Morgan fingerprint density at radius 1 is 1.24 bits per heavy atom. The van der Waals surface area contributed by atoms with E-state index in [1.807, 2.05) is 34.0 Å². The summed E-state index contributed by atoms with van der Waals surface area (Å²) in [4.78, 5) is 13.0. The van der Waals surface area contributed by atoms with Gasteiger partial charge in [-0.25, -0.2) is 4.79 Å². The fourth-order valence-electron chi connectivity index (χ4n) is 1.87. The summed E-state index contributed by atoms with van der Waals surface area (Å²) < 4.78 is 5.26. The minimum Gasteiger partial charge on any atom is -0.444 e. The summed E-state index contributed by atoms with van der Waals surface area (Å²) in [6, 6.07) is 8.27. The van der Waals surface area contributed by atoms with Gasteiger partial charge in [0.25, 0.3) is 0 Å². The van der Waals surface area contributed by atoms with E-state index in [-0.39, 0.29) is 5.41 Å². The van der Waals surface area contributed by atoms with Crippen molar-refractivity contribution in [2.45, 2.75) is 43.6 Å². The molecule has 0 heterocycles. The van der Waals surface area contributed by atoms with Crippen LogP contribution in [0.5, 0.6) is 0 Å². The van der Waals surface area contributed by atoms with E-state index in [0.29, 0.717) is 13.1 Å². The largest absolute Gasteiger partial charge is 0.444 e. The third-order valence-electron chi connectivity index (χ3n) is 3.26. The number of thioether (sulfide) groups is 1. The molecule has 1 amide bonds. The number of rotatable bonds is 5. The number of nitrogens with two attached hydrogens (primary N) is 1. The van der Waals surface area contributed by atoms with Gasteiger partial charge in [-0.15, -0.1) is 11.8 Å². The van der Waals surface area contributed by atoms with E-state index in [0.717, 1.165) is 5.56 Å². The zero-order chi connectivity index (χ0) is 16.1. The number of alkyl carbamates (subject to hydrolysis) is 1. The third-order valence-corrected chi connectivity index (χ3v) is 4.00. The highest BCUT2D eigenvalue weighted by Gasteiger charge is 2.27. The number of ether oxygens (including phenoxy) is 1. The average Bonchev–Trinajstić information content (AvgIpc) is 2.43. The molecule has 1 aromatic rings. The van der Waals surface area contributed by atoms with Crippen molar-refractivity contribution < 1.29 is 9.53 Å². The fraction of sp³-hybridized carbons (Fsp3) is 0.562. The Hall–Kier alpha value is -1.20. The molecule has 1 unspecified atom stereocenters. The van der Waals surface area contributed by atoms with Gasteiger partial charge in [-0.1, -0.05) is 19.1 Å². The van der Waals surface area contributed by atoms with Crippen molar-refractivity contribution in [1.82, 2.24) is 5.32 Å². The standard InChI is InChI=1S/C16H26N2O2S/c1-15(2,3)20-14(19)18-11-16(4,10-17)12-6-8-13(21-5)9-7-12/h6-9H,10-11,17H2,1-5H3,(H,18,19). The molecule has 5 heteroatoms. The lowest BCUT2D eigenvalue weighted by molar-refractivity contribution is 0.0516. The summed E-state index contributed by atoms with van der Waals surface area (Å²) in [5.74, 6) is 0. The van der Waals surface area contributed by atoms with Crippen molar-refractivity contribution in [3.8, 4) is 0 Å². The fourth-order valence-corrected chi connectivity index (χ4v) is 2.28. The maximum Gasteiger partial charge on any atom is 0.407 e. The molecule has 0 radical (unpaired) electrons. The topological polar surface area (TPSA) is 64.3 Å². The Balaban J connectivity index is 2.73. The lowest BCUT2D eigenvalue weighted by Crippen LogP contribution is -2.45. The first kappa shape index (κ1) is 17.9. The van der Waals surface area contributed by atoms with E-state index in [1.54, 1.807) is 11.8 Å². The summed E-state index contributed by atoms with van der Waals surface area (Å²) >= 11 is 1.70. The summed E-state index contributed by atoms with van der Waals surface area (Å²) in [6.45, 7) is 8.46. The maximum absolute atomic E-state index is 11.8. The molecule has 21 heavy (non-hydrogen) atoms. The molecule has 0 aliphatic rings. The Morgan fingerprint density at radius 2 is 1.81 bits per heavy atom. The highest BCUT2D eigenvalue weighted by atomic mass is 32.2. The molecule has 118 valence electrons. The highest BCUT2D eigenvalue weighted by molar-refractivity contribution is 7.98. The van der Waals surface area contributed by atoms with Crippen LogP contribution in [0.25, 0.3) is 0 Å². The Labute approximate surface area is 131 Å². The Morgan fingerprint density at radius 3 is 2.24 bits per heavy atom. The van der Waals surface area contributed by atoms with Crippen LogP contribution >= 0.6 is 11.8 Å². The van der Waals surface area contributed by atoms with Gasteiger partial charge >= 0.3 is 6.09 Å². The van der Waals surface area contributed by atoms with Crippen LogP contribution in [0.4, 0.5) is 4.79 Å². The van der Waals surface area contributed by atoms with E-state index in [1.165, 1.54) is 4.90 Å². The number of hydrogen-bond donors (Lipinski definition) is 2. The lowest BCUT2D eigenvalue weighted by Gasteiger charge is -2.30.